The summed E-state index contributed by atoms with van der Waals surface area (Å²) in [6.45, 7) is 5.59. The molecule has 22 heavy (non-hydrogen) atoms. The Hall–Kier alpha value is -1.11. The van der Waals surface area contributed by atoms with E-state index in [1.165, 1.54) is 6.07 Å². The Kier molecular flexibility index (Phi) is 4.18. The van der Waals surface area contributed by atoms with Gasteiger partial charge in [-0.2, -0.15) is 0 Å². The molecule has 1 aromatic rings. The van der Waals surface area contributed by atoms with Crippen molar-refractivity contribution in [1.29, 1.82) is 0 Å². The summed E-state index contributed by atoms with van der Waals surface area (Å²) in [7, 11) is 0. The summed E-state index contributed by atoms with van der Waals surface area (Å²) < 4.78 is 20.2. The van der Waals surface area contributed by atoms with Gasteiger partial charge in [0.15, 0.2) is 5.11 Å². The molecular weight excluding hydrogens is 325 g/mol. The fourth-order valence-corrected chi connectivity index (χ4v) is 3.35. The van der Waals surface area contributed by atoms with Crippen molar-refractivity contribution in [2.45, 2.75) is 38.7 Å². The van der Waals surface area contributed by atoms with Gasteiger partial charge in [0.1, 0.15) is 17.2 Å². The number of anilines is 1. The molecule has 0 radical (unpaired) electrons. The van der Waals surface area contributed by atoms with Crippen LogP contribution in [-0.4, -0.2) is 28.8 Å². The lowest BCUT2D eigenvalue weighted by Gasteiger charge is -2.30. The quantitative estimate of drug-likeness (QED) is 0.763. The molecule has 120 valence electrons. The van der Waals surface area contributed by atoms with Crippen LogP contribution >= 0.6 is 23.8 Å². The highest BCUT2D eigenvalue weighted by atomic mass is 35.5. The number of nitrogens with one attached hydrogen (secondary N) is 2. The third kappa shape index (κ3) is 3.00. The van der Waals surface area contributed by atoms with E-state index in [0.29, 0.717) is 28.0 Å². The van der Waals surface area contributed by atoms with Gasteiger partial charge >= 0.3 is 0 Å². The maximum absolute atomic E-state index is 14.4. The van der Waals surface area contributed by atoms with Crippen LogP contribution in [0, 0.1) is 5.82 Å². The molecule has 1 aromatic carbocycles. The Morgan fingerprint density at radius 1 is 1.50 bits per heavy atom. The standard InChI is InChI=1S/C15H19ClFN3OS/c1-15(2)8-9-12(11(17)7-10(16)13(9)21-15)19-14(22)20-6-4-3-5-18-20/h7,18H,3-6,8H2,1-2H3,(H,19,22). The van der Waals surface area contributed by atoms with Crippen molar-refractivity contribution in [1.82, 2.24) is 10.4 Å². The Labute approximate surface area is 139 Å². The smallest absolute Gasteiger partial charge is 0.188 e. The molecule has 0 amide bonds. The number of hydrogen-bond donors (Lipinski definition) is 2. The molecule has 0 saturated carbocycles. The summed E-state index contributed by atoms with van der Waals surface area (Å²) in [4.78, 5) is 0. The van der Waals surface area contributed by atoms with Gasteiger partial charge in [-0.15, -0.1) is 0 Å². The van der Waals surface area contributed by atoms with Crippen LogP contribution in [0.2, 0.25) is 5.02 Å². The Morgan fingerprint density at radius 2 is 2.27 bits per heavy atom. The van der Waals surface area contributed by atoms with Crippen molar-refractivity contribution >= 4 is 34.6 Å². The molecule has 2 aliphatic rings. The lowest BCUT2D eigenvalue weighted by Crippen LogP contribution is -2.49. The van der Waals surface area contributed by atoms with Gasteiger partial charge < -0.3 is 10.1 Å². The Morgan fingerprint density at radius 3 is 2.95 bits per heavy atom. The molecule has 0 aromatic heterocycles. The van der Waals surface area contributed by atoms with Gasteiger partial charge in [-0.3, -0.25) is 5.01 Å². The summed E-state index contributed by atoms with van der Waals surface area (Å²) in [5.41, 5.74) is 3.91. The molecule has 0 spiro atoms. The van der Waals surface area contributed by atoms with Crippen LogP contribution in [0.4, 0.5) is 10.1 Å². The van der Waals surface area contributed by atoms with Gasteiger partial charge in [0, 0.05) is 25.1 Å². The zero-order valence-corrected chi connectivity index (χ0v) is 14.2. The number of ether oxygens (including phenoxy) is 1. The van der Waals surface area contributed by atoms with Crippen LogP contribution in [0.3, 0.4) is 0 Å². The highest BCUT2D eigenvalue weighted by Crippen LogP contribution is 2.45. The minimum Gasteiger partial charge on any atom is -0.486 e. The number of rotatable bonds is 1. The Balaban J connectivity index is 1.88. The highest BCUT2D eigenvalue weighted by molar-refractivity contribution is 7.80. The zero-order chi connectivity index (χ0) is 15.9. The van der Waals surface area contributed by atoms with Gasteiger partial charge in [0.2, 0.25) is 0 Å². The molecule has 2 aliphatic heterocycles. The molecule has 4 nitrogen and oxygen atoms in total. The van der Waals surface area contributed by atoms with Crippen molar-refractivity contribution < 1.29 is 9.13 Å². The van der Waals surface area contributed by atoms with Crippen molar-refractivity contribution in [3.8, 4) is 5.75 Å². The van der Waals surface area contributed by atoms with Gasteiger partial charge in [0.05, 0.1) is 10.7 Å². The van der Waals surface area contributed by atoms with Crippen LogP contribution in [0.1, 0.15) is 32.3 Å². The number of fused-ring (bicyclic) bond motifs is 1. The zero-order valence-electron chi connectivity index (χ0n) is 12.6. The number of thiocarbonyl (C=S) groups is 1. The second kappa shape index (κ2) is 5.83. The van der Waals surface area contributed by atoms with Crippen molar-refractivity contribution in [2.24, 2.45) is 0 Å². The van der Waals surface area contributed by atoms with Crippen molar-refractivity contribution in [3.05, 3.63) is 22.5 Å². The maximum Gasteiger partial charge on any atom is 0.188 e. The molecule has 2 heterocycles. The summed E-state index contributed by atoms with van der Waals surface area (Å²) in [6.07, 6.45) is 2.76. The first-order chi connectivity index (χ1) is 10.4. The fourth-order valence-electron chi connectivity index (χ4n) is 2.84. The normalized spacial score (nSPS) is 19.5. The van der Waals surface area contributed by atoms with E-state index >= 15 is 0 Å². The summed E-state index contributed by atoms with van der Waals surface area (Å²) in [5, 5.41) is 5.64. The molecule has 1 fully saturated rings. The molecule has 0 aliphatic carbocycles. The van der Waals surface area contributed by atoms with E-state index in [9.17, 15) is 4.39 Å². The van der Waals surface area contributed by atoms with E-state index in [1.807, 2.05) is 18.9 Å². The number of hydrogen-bond acceptors (Lipinski definition) is 3. The largest absolute Gasteiger partial charge is 0.486 e. The summed E-state index contributed by atoms with van der Waals surface area (Å²) in [6, 6.07) is 1.27. The third-order valence-electron chi connectivity index (χ3n) is 3.85. The molecule has 0 bridgehead atoms. The number of hydrazine groups is 1. The van der Waals surface area contributed by atoms with Gasteiger partial charge in [-0.25, -0.2) is 9.82 Å². The average molecular weight is 344 g/mol. The van der Waals surface area contributed by atoms with Crippen LogP contribution in [-0.2, 0) is 6.42 Å². The van der Waals surface area contributed by atoms with Crippen LogP contribution in [0.5, 0.6) is 5.75 Å². The van der Waals surface area contributed by atoms with E-state index in [4.69, 9.17) is 28.6 Å². The van der Waals surface area contributed by atoms with Crippen molar-refractivity contribution in [2.75, 3.05) is 18.4 Å². The molecule has 7 heteroatoms. The lowest BCUT2D eigenvalue weighted by molar-refractivity contribution is 0.138. The molecular formula is C15H19ClFN3OS. The average Bonchev–Trinajstić information content (AvgIpc) is 2.80. The SMILES string of the molecule is CC1(C)Cc2c(NC(=S)N3CCCCN3)c(F)cc(Cl)c2O1. The first-order valence-corrected chi connectivity index (χ1v) is 8.18. The predicted molar refractivity (Wildman–Crippen MR) is 90.0 cm³/mol. The topological polar surface area (TPSA) is 36.5 Å². The third-order valence-corrected chi connectivity index (χ3v) is 4.46. The van der Waals surface area contributed by atoms with Crippen LogP contribution in [0.25, 0.3) is 0 Å². The fraction of sp³-hybridized carbons (Fsp3) is 0.533. The van der Waals surface area contributed by atoms with Crippen LogP contribution in [0.15, 0.2) is 6.07 Å². The second-order valence-corrected chi connectivity index (χ2v) is 7.05. The second-order valence-electron chi connectivity index (χ2n) is 6.26. The highest BCUT2D eigenvalue weighted by Gasteiger charge is 2.35. The predicted octanol–water partition coefficient (Wildman–Crippen LogP) is 3.49. The first-order valence-electron chi connectivity index (χ1n) is 7.39. The van der Waals surface area contributed by atoms with E-state index < -0.39 is 11.4 Å². The number of halogens is 2. The minimum atomic E-state index is -0.413. The van der Waals surface area contributed by atoms with Crippen molar-refractivity contribution in [3.63, 3.8) is 0 Å². The maximum atomic E-state index is 14.4. The van der Waals surface area contributed by atoms with E-state index in [0.717, 1.165) is 31.5 Å². The van der Waals surface area contributed by atoms with E-state index in [1.54, 1.807) is 0 Å². The monoisotopic (exact) mass is 343 g/mol. The van der Waals surface area contributed by atoms with E-state index in [2.05, 4.69) is 10.7 Å². The Bertz CT molecular complexity index is 617. The molecule has 1 saturated heterocycles. The van der Waals surface area contributed by atoms with Crippen LogP contribution < -0.4 is 15.5 Å². The molecule has 0 atom stereocenters. The van der Waals surface area contributed by atoms with Gasteiger partial charge in [-0.05, 0) is 45.0 Å². The number of nitrogens with zero attached hydrogens (tertiary/aromatic N) is 1. The summed E-state index contributed by atoms with van der Waals surface area (Å²) in [5.74, 6) is 0.134. The lowest BCUT2D eigenvalue weighted by atomic mass is 10.00. The number of benzene rings is 1. The molecule has 2 N–H and O–H groups in total. The molecule has 0 unspecified atom stereocenters. The summed E-state index contributed by atoms with van der Waals surface area (Å²) >= 11 is 11.5. The van der Waals surface area contributed by atoms with E-state index in [-0.39, 0.29) is 0 Å². The van der Waals surface area contributed by atoms with Gasteiger partial charge in [0.25, 0.3) is 0 Å². The minimum absolute atomic E-state index is 0.297. The van der Waals surface area contributed by atoms with Gasteiger partial charge in [-0.1, -0.05) is 11.6 Å². The first kappa shape index (κ1) is 15.8. The molecule has 3 rings (SSSR count).